The normalized spacial score (nSPS) is 21.0. The lowest BCUT2D eigenvalue weighted by atomic mass is 9.91. The van der Waals surface area contributed by atoms with E-state index in [1.165, 1.54) is 4.90 Å². The number of carbonyl (C=O) groups is 2. The van der Waals surface area contributed by atoms with Crippen LogP contribution in [-0.4, -0.2) is 23.0 Å². The third-order valence-corrected chi connectivity index (χ3v) is 5.27. The highest BCUT2D eigenvalue weighted by Gasteiger charge is 2.46. The molecule has 1 aliphatic rings. The molecule has 1 saturated heterocycles. The zero-order valence-corrected chi connectivity index (χ0v) is 16.7. The first-order valence-electron chi connectivity index (χ1n) is 9.94. The van der Waals surface area contributed by atoms with Crippen LogP contribution >= 0.6 is 0 Å². The summed E-state index contributed by atoms with van der Waals surface area (Å²) >= 11 is 0. The van der Waals surface area contributed by atoms with Crippen molar-refractivity contribution in [2.24, 2.45) is 0 Å². The second kappa shape index (κ2) is 8.82. The molecule has 30 heavy (non-hydrogen) atoms. The van der Waals surface area contributed by atoms with Gasteiger partial charge in [-0.2, -0.15) is 0 Å². The number of carbonyl (C=O) groups excluding carboxylic acids is 2. The summed E-state index contributed by atoms with van der Waals surface area (Å²) in [6, 6.07) is 27.3. The van der Waals surface area contributed by atoms with E-state index in [0.717, 1.165) is 16.7 Å². The highest BCUT2D eigenvalue weighted by molar-refractivity contribution is 5.83. The minimum atomic E-state index is -0.765. The Morgan fingerprint density at radius 2 is 1.40 bits per heavy atom. The third-order valence-electron chi connectivity index (χ3n) is 5.27. The highest BCUT2D eigenvalue weighted by Crippen LogP contribution is 2.42. The molecule has 3 atom stereocenters. The maximum Gasteiger partial charge on any atom is 0.411 e. The molecule has 0 aliphatic carbocycles. The molecular weight excluding hydrogens is 378 g/mol. The van der Waals surface area contributed by atoms with E-state index >= 15 is 0 Å². The first kappa shape index (κ1) is 19.7. The van der Waals surface area contributed by atoms with E-state index in [0.29, 0.717) is 0 Å². The molecule has 3 aromatic rings. The molecule has 152 valence electrons. The quantitative estimate of drug-likeness (QED) is 0.574. The Bertz CT molecular complexity index is 991. The van der Waals surface area contributed by atoms with Crippen LogP contribution in [0.25, 0.3) is 0 Å². The van der Waals surface area contributed by atoms with Gasteiger partial charge >= 0.3 is 12.1 Å². The molecule has 4 rings (SSSR count). The van der Waals surface area contributed by atoms with Gasteiger partial charge in [0.2, 0.25) is 0 Å². The van der Waals surface area contributed by atoms with E-state index in [2.05, 4.69) is 0 Å². The van der Waals surface area contributed by atoms with E-state index in [1.54, 1.807) is 6.92 Å². The van der Waals surface area contributed by atoms with Gasteiger partial charge in [0.15, 0.2) is 6.10 Å². The largest absolute Gasteiger partial charge is 0.453 e. The number of esters is 1. The summed E-state index contributed by atoms with van der Waals surface area (Å²) in [4.78, 5) is 27.4. The van der Waals surface area contributed by atoms with E-state index < -0.39 is 30.3 Å². The summed E-state index contributed by atoms with van der Waals surface area (Å²) in [5.41, 5.74) is 2.59. The highest BCUT2D eigenvalue weighted by atomic mass is 16.6. The van der Waals surface area contributed by atoms with Crippen LogP contribution in [0.15, 0.2) is 91.0 Å². The Hall–Kier alpha value is -3.60. The maximum atomic E-state index is 13.2. The fourth-order valence-corrected chi connectivity index (χ4v) is 3.73. The molecule has 1 fully saturated rings. The van der Waals surface area contributed by atoms with Crippen molar-refractivity contribution in [2.45, 2.75) is 31.7 Å². The van der Waals surface area contributed by atoms with Crippen molar-refractivity contribution in [3.63, 3.8) is 0 Å². The summed E-state index contributed by atoms with van der Waals surface area (Å²) in [7, 11) is 0. The van der Waals surface area contributed by atoms with Gasteiger partial charge in [-0.25, -0.2) is 9.59 Å². The van der Waals surface area contributed by atoms with Crippen LogP contribution in [0.3, 0.4) is 0 Å². The Morgan fingerprint density at radius 1 is 0.867 bits per heavy atom. The molecule has 5 heteroatoms. The van der Waals surface area contributed by atoms with Gasteiger partial charge in [0.25, 0.3) is 0 Å². The van der Waals surface area contributed by atoms with E-state index in [9.17, 15) is 9.59 Å². The Labute approximate surface area is 175 Å². The molecule has 0 spiro atoms. The average Bonchev–Trinajstić information content (AvgIpc) is 2.80. The summed E-state index contributed by atoms with van der Waals surface area (Å²) in [6.45, 7) is 1.80. The van der Waals surface area contributed by atoms with Crippen LogP contribution in [0.4, 0.5) is 4.79 Å². The molecule has 1 heterocycles. The van der Waals surface area contributed by atoms with Crippen LogP contribution < -0.4 is 0 Å². The summed E-state index contributed by atoms with van der Waals surface area (Å²) < 4.78 is 11.4. The first-order valence-corrected chi connectivity index (χ1v) is 9.94. The minimum Gasteiger partial charge on any atom is -0.453 e. The number of hydrogen-bond acceptors (Lipinski definition) is 4. The van der Waals surface area contributed by atoms with E-state index in [4.69, 9.17) is 9.47 Å². The standard InChI is InChI=1S/C25H23NO4/c1-18-24(27)30-23(21-15-9-4-10-16-21)22(20-13-7-3-8-14-20)26(18)25(28)29-17-19-11-5-2-6-12-19/h2-16,18,22-23H,17H2,1H3/t18-,22+,23-/m0/s1. The number of nitrogens with zero attached hydrogens (tertiary/aromatic N) is 1. The van der Waals surface area contributed by atoms with Gasteiger partial charge in [-0.05, 0) is 23.6 Å². The third kappa shape index (κ3) is 4.06. The lowest BCUT2D eigenvalue weighted by Crippen LogP contribution is -2.53. The maximum absolute atomic E-state index is 13.2. The molecule has 1 amide bonds. The minimum absolute atomic E-state index is 0.134. The zero-order chi connectivity index (χ0) is 20.9. The molecule has 5 nitrogen and oxygen atoms in total. The van der Waals surface area contributed by atoms with E-state index in [-0.39, 0.29) is 6.61 Å². The Kier molecular flexibility index (Phi) is 5.80. The van der Waals surface area contributed by atoms with Crippen molar-refractivity contribution in [3.8, 4) is 0 Å². The predicted molar refractivity (Wildman–Crippen MR) is 112 cm³/mol. The van der Waals surface area contributed by atoms with Crippen molar-refractivity contribution < 1.29 is 19.1 Å². The molecule has 0 N–H and O–H groups in total. The molecule has 0 bridgehead atoms. The lowest BCUT2D eigenvalue weighted by molar-refractivity contribution is -0.172. The van der Waals surface area contributed by atoms with Gasteiger partial charge in [0.1, 0.15) is 18.7 Å². The summed E-state index contributed by atoms with van der Waals surface area (Å²) in [6.07, 6.45) is -1.17. The topological polar surface area (TPSA) is 55.8 Å². The number of cyclic esters (lactones) is 1. The van der Waals surface area contributed by atoms with Crippen molar-refractivity contribution in [2.75, 3.05) is 0 Å². The summed E-state index contributed by atoms with van der Waals surface area (Å²) in [5, 5.41) is 0. The fourth-order valence-electron chi connectivity index (χ4n) is 3.73. The lowest BCUT2D eigenvalue weighted by Gasteiger charge is -2.43. The average molecular weight is 401 g/mol. The van der Waals surface area contributed by atoms with E-state index in [1.807, 2.05) is 91.0 Å². The predicted octanol–water partition coefficient (Wildman–Crippen LogP) is 5.05. The van der Waals surface area contributed by atoms with Crippen molar-refractivity contribution >= 4 is 12.1 Å². The number of rotatable bonds is 4. The van der Waals surface area contributed by atoms with Crippen molar-refractivity contribution in [3.05, 3.63) is 108 Å². The molecular formula is C25H23NO4. The van der Waals surface area contributed by atoms with Gasteiger partial charge in [-0.3, -0.25) is 4.90 Å². The smallest absolute Gasteiger partial charge is 0.411 e. The Balaban J connectivity index is 1.69. The molecule has 0 unspecified atom stereocenters. The monoisotopic (exact) mass is 401 g/mol. The van der Waals surface area contributed by atoms with Crippen LogP contribution in [-0.2, 0) is 20.9 Å². The second-order valence-electron chi connectivity index (χ2n) is 7.25. The molecule has 1 aliphatic heterocycles. The van der Waals surface area contributed by atoms with Gasteiger partial charge in [-0.15, -0.1) is 0 Å². The van der Waals surface area contributed by atoms with Crippen molar-refractivity contribution in [1.29, 1.82) is 0 Å². The van der Waals surface area contributed by atoms with Crippen LogP contribution in [0, 0.1) is 0 Å². The van der Waals surface area contributed by atoms with Crippen LogP contribution in [0.5, 0.6) is 0 Å². The van der Waals surface area contributed by atoms with Crippen LogP contribution in [0.1, 0.15) is 35.8 Å². The first-order chi connectivity index (χ1) is 14.6. The summed E-state index contributed by atoms with van der Waals surface area (Å²) in [5.74, 6) is -0.451. The van der Waals surface area contributed by atoms with Gasteiger partial charge in [0, 0.05) is 0 Å². The zero-order valence-electron chi connectivity index (χ0n) is 16.7. The van der Waals surface area contributed by atoms with Gasteiger partial charge < -0.3 is 9.47 Å². The second-order valence-corrected chi connectivity index (χ2v) is 7.25. The SMILES string of the molecule is C[C@H]1C(=O)O[C@@H](c2ccccc2)[C@@H](c2ccccc2)N1C(=O)OCc1ccccc1. The van der Waals surface area contributed by atoms with Gasteiger partial charge in [0.05, 0.1) is 0 Å². The molecule has 0 aromatic heterocycles. The number of ether oxygens (including phenoxy) is 2. The Morgan fingerprint density at radius 3 is 2.00 bits per heavy atom. The molecule has 3 aromatic carbocycles. The number of amides is 1. The van der Waals surface area contributed by atoms with Crippen LogP contribution in [0.2, 0.25) is 0 Å². The molecule has 0 saturated carbocycles. The molecule has 0 radical (unpaired) electrons. The van der Waals surface area contributed by atoms with Crippen molar-refractivity contribution in [1.82, 2.24) is 4.90 Å². The number of hydrogen-bond donors (Lipinski definition) is 0. The fraction of sp³-hybridized carbons (Fsp3) is 0.200. The number of morpholine rings is 1. The van der Waals surface area contributed by atoms with Gasteiger partial charge in [-0.1, -0.05) is 91.0 Å². The number of benzene rings is 3.